The molecule has 0 aliphatic heterocycles. The van der Waals surface area contributed by atoms with E-state index in [-0.39, 0.29) is 24.3 Å². The minimum atomic E-state index is -0.142. The number of carbonyl (C=O) groups excluding carboxylic acids is 2. The number of hydrogen-bond donors (Lipinski definition) is 3. The van der Waals surface area contributed by atoms with Crippen molar-refractivity contribution in [3.8, 4) is 0 Å². The monoisotopic (exact) mass is 318 g/mol. The van der Waals surface area contributed by atoms with Gasteiger partial charge in [-0.25, -0.2) is 0 Å². The zero-order valence-corrected chi connectivity index (χ0v) is 13.5. The van der Waals surface area contributed by atoms with Crippen LogP contribution in [-0.4, -0.2) is 30.1 Å². The van der Waals surface area contributed by atoms with Gasteiger partial charge in [0, 0.05) is 31.2 Å². The van der Waals surface area contributed by atoms with E-state index in [1.54, 1.807) is 12.1 Å². The molecule has 2 amide bonds. The van der Waals surface area contributed by atoms with Crippen LogP contribution < -0.4 is 10.6 Å². The quantitative estimate of drug-likeness (QED) is 0.673. The highest BCUT2D eigenvalue weighted by Gasteiger charge is 2.20. The van der Waals surface area contributed by atoms with E-state index in [0.29, 0.717) is 25.1 Å². The van der Waals surface area contributed by atoms with Gasteiger partial charge in [-0.05, 0) is 37.0 Å². The Hall–Kier alpha value is -1.88. The fraction of sp³-hybridized carbons (Fsp3) is 0.556. The van der Waals surface area contributed by atoms with E-state index in [1.807, 2.05) is 12.1 Å². The summed E-state index contributed by atoms with van der Waals surface area (Å²) in [5, 5.41) is 14.4. The van der Waals surface area contributed by atoms with Crippen LogP contribution >= 0.6 is 0 Å². The summed E-state index contributed by atoms with van der Waals surface area (Å²) < 4.78 is 0. The molecule has 2 rings (SSSR count). The smallest absolute Gasteiger partial charge is 0.251 e. The van der Waals surface area contributed by atoms with Crippen molar-refractivity contribution in [2.45, 2.75) is 45.1 Å². The predicted molar refractivity (Wildman–Crippen MR) is 88.9 cm³/mol. The average molecular weight is 318 g/mol. The maximum atomic E-state index is 12.1. The number of aliphatic hydroxyl groups excluding tert-OH is 1. The highest BCUT2D eigenvalue weighted by molar-refractivity contribution is 5.94. The molecule has 126 valence electrons. The number of hydrogen-bond acceptors (Lipinski definition) is 3. The Labute approximate surface area is 137 Å². The first-order chi connectivity index (χ1) is 11.2. The Kier molecular flexibility index (Phi) is 7.07. The van der Waals surface area contributed by atoms with E-state index in [1.165, 1.54) is 6.42 Å². The highest BCUT2D eigenvalue weighted by Crippen LogP contribution is 2.23. The summed E-state index contributed by atoms with van der Waals surface area (Å²) >= 11 is 0. The van der Waals surface area contributed by atoms with Gasteiger partial charge in [-0.2, -0.15) is 0 Å². The minimum absolute atomic E-state index is 0.0694. The van der Waals surface area contributed by atoms with Crippen molar-refractivity contribution in [1.29, 1.82) is 0 Å². The molecule has 1 fully saturated rings. The normalized spacial score (nSPS) is 15.2. The molecule has 5 heteroatoms. The first-order valence-corrected chi connectivity index (χ1v) is 8.46. The maximum Gasteiger partial charge on any atom is 0.251 e. The van der Waals surface area contributed by atoms with E-state index in [9.17, 15) is 9.59 Å². The molecule has 0 bridgehead atoms. The molecule has 0 saturated heterocycles. The summed E-state index contributed by atoms with van der Waals surface area (Å²) in [7, 11) is 0. The van der Waals surface area contributed by atoms with Crippen molar-refractivity contribution in [2.24, 2.45) is 5.92 Å². The van der Waals surface area contributed by atoms with Gasteiger partial charge < -0.3 is 15.7 Å². The highest BCUT2D eigenvalue weighted by atomic mass is 16.3. The predicted octanol–water partition coefficient (Wildman–Crippen LogP) is 2.00. The van der Waals surface area contributed by atoms with Gasteiger partial charge in [0.25, 0.3) is 5.91 Å². The van der Waals surface area contributed by atoms with Gasteiger partial charge in [0.2, 0.25) is 5.91 Å². The molecular formula is C18H26N2O3. The molecule has 5 nitrogen and oxygen atoms in total. The third-order valence-corrected chi connectivity index (χ3v) is 4.28. The number of rotatable bonds is 7. The summed E-state index contributed by atoms with van der Waals surface area (Å²) in [6.07, 6.45) is 6.09. The molecule has 0 heterocycles. The van der Waals surface area contributed by atoms with Crippen LogP contribution in [-0.2, 0) is 11.3 Å². The standard InChI is InChI=1S/C18H26N2O3/c21-12-4-11-19-17(22)16-9-7-14(8-10-16)13-20-18(23)15-5-2-1-3-6-15/h7-10,15,21H,1-6,11-13H2,(H,19,22)(H,20,23). The summed E-state index contributed by atoms with van der Waals surface area (Å²) in [6, 6.07) is 7.25. The van der Waals surface area contributed by atoms with E-state index in [2.05, 4.69) is 10.6 Å². The Balaban J connectivity index is 1.78. The Bertz CT molecular complexity index is 508. The lowest BCUT2D eigenvalue weighted by molar-refractivity contribution is -0.126. The van der Waals surface area contributed by atoms with Crippen molar-refractivity contribution in [2.75, 3.05) is 13.2 Å². The molecular weight excluding hydrogens is 292 g/mol. The second-order valence-corrected chi connectivity index (χ2v) is 6.08. The molecule has 1 aliphatic rings. The fourth-order valence-corrected chi connectivity index (χ4v) is 2.86. The molecule has 0 atom stereocenters. The molecule has 3 N–H and O–H groups in total. The third kappa shape index (κ3) is 5.67. The molecule has 0 radical (unpaired) electrons. The first-order valence-electron chi connectivity index (χ1n) is 8.46. The summed E-state index contributed by atoms with van der Waals surface area (Å²) in [6.45, 7) is 1.04. The molecule has 0 aromatic heterocycles. The van der Waals surface area contributed by atoms with E-state index in [4.69, 9.17) is 5.11 Å². The molecule has 1 saturated carbocycles. The second-order valence-electron chi connectivity index (χ2n) is 6.08. The van der Waals surface area contributed by atoms with Crippen molar-refractivity contribution in [1.82, 2.24) is 10.6 Å². The van der Waals surface area contributed by atoms with Gasteiger partial charge in [-0.3, -0.25) is 9.59 Å². The van der Waals surface area contributed by atoms with Crippen molar-refractivity contribution in [3.05, 3.63) is 35.4 Å². The van der Waals surface area contributed by atoms with Crippen LogP contribution in [0.3, 0.4) is 0 Å². The van der Waals surface area contributed by atoms with Crippen LogP contribution in [0.4, 0.5) is 0 Å². The van der Waals surface area contributed by atoms with Crippen molar-refractivity contribution in [3.63, 3.8) is 0 Å². The van der Waals surface area contributed by atoms with E-state index >= 15 is 0 Å². The van der Waals surface area contributed by atoms with Crippen LogP contribution in [0.2, 0.25) is 0 Å². The third-order valence-electron chi connectivity index (χ3n) is 4.28. The van der Waals surface area contributed by atoms with Gasteiger partial charge in [0.05, 0.1) is 0 Å². The Morgan fingerprint density at radius 2 is 1.74 bits per heavy atom. The van der Waals surface area contributed by atoms with Crippen LogP contribution in [0, 0.1) is 5.92 Å². The largest absolute Gasteiger partial charge is 0.396 e. The number of carbonyl (C=O) groups is 2. The zero-order valence-electron chi connectivity index (χ0n) is 13.5. The summed E-state index contributed by atoms with van der Waals surface area (Å²) in [5.74, 6) is 0.173. The van der Waals surface area contributed by atoms with Crippen LogP contribution in [0.5, 0.6) is 0 Å². The summed E-state index contributed by atoms with van der Waals surface area (Å²) in [4.78, 5) is 23.9. The van der Waals surface area contributed by atoms with E-state index in [0.717, 1.165) is 31.2 Å². The van der Waals surface area contributed by atoms with Gasteiger partial charge in [-0.15, -0.1) is 0 Å². The number of benzene rings is 1. The van der Waals surface area contributed by atoms with E-state index < -0.39 is 0 Å². The number of nitrogens with one attached hydrogen (secondary N) is 2. The molecule has 0 unspecified atom stereocenters. The molecule has 0 spiro atoms. The number of aliphatic hydroxyl groups is 1. The van der Waals surface area contributed by atoms with Gasteiger partial charge >= 0.3 is 0 Å². The molecule has 1 aliphatic carbocycles. The van der Waals surface area contributed by atoms with Gasteiger partial charge in [0.1, 0.15) is 0 Å². The Morgan fingerprint density at radius 1 is 1.04 bits per heavy atom. The SMILES string of the molecule is O=C(NCCCO)c1ccc(CNC(=O)C2CCCCC2)cc1. The second kappa shape index (κ2) is 9.30. The van der Waals surface area contributed by atoms with Crippen LogP contribution in [0.15, 0.2) is 24.3 Å². The van der Waals surface area contributed by atoms with Crippen LogP contribution in [0.25, 0.3) is 0 Å². The topological polar surface area (TPSA) is 78.4 Å². The molecule has 23 heavy (non-hydrogen) atoms. The lowest BCUT2D eigenvalue weighted by Gasteiger charge is -2.20. The molecule has 1 aromatic carbocycles. The lowest BCUT2D eigenvalue weighted by atomic mass is 9.88. The van der Waals surface area contributed by atoms with Gasteiger partial charge in [-0.1, -0.05) is 31.4 Å². The number of amides is 2. The van der Waals surface area contributed by atoms with Crippen molar-refractivity contribution < 1.29 is 14.7 Å². The lowest BCUT2D eigenvalue weighted by Crippen LogP contribution is -2.31. The fourth-order valence-electron chi connectivity index (χ4n) is 2.86. The minimum Gasteiger partial charge on any atom is -0.396 e. The van der Waals surface area contributed by atoms with Gasteiger partial charge in [0.15, 0.2) is 0 Å². The first kappa shape index (κ1) is 17.5. The Morgan fingerprint density at radius 3 is 2.39 bits per heavy atom. The summed E-state index contributed by atoms with van der Waals surface area (Å²) in [5.41, 5.74) is 1.58. The van der Waals surface area contributed by atoms with Crippen LogP contribution in [0.1, 0.15) is 54.4 Å². The molecule has 1 aromatic rings. The average Bonchev–Trinajstić information content (AvgIpc) is 2.61. The zero-order chi connectivity index (χ0) is 16.5. The van der Waals surface area contributed by atoms with Crippen molar-refractivity contribution >= 4 is 11.8 Å². The maximum absolute atomic E-state index is 12.1.